The molecule has 4 nitrogen and oxygen atoms in total. The van der Waals surface area contributed by atoms with Crippen molar-refractivity contribution in [2.45, 2.75) is 26.0 Å². The highest BCUT2D eigenvalue weighted by atomic mass is 32.1. The number of thiophene rings is 1. The van der Waals surface area contributed by atoms with Crippen molar-refractivity contribution in [3.8, 4) is 10.6 Å². The molecule has 0 amide bonds. The smallest absolute Gasteiger partial charge is 0.177 e. The van der Waals surface area contributed by atoms with Crippen molar-refractivity contribution >= 4 is 11.3 Å². The van der Waals surface area contributed by atoms with E-state index in [1.807, 2.05) is 23.6 Å². The Bertz CT molecular complexity index is 533. The Morgan fingerprint density at radius 1 is 1.47 bits per heavy atom. The molecular formula is C14H18N2O2S. The van der Waals surface area contributed by atoms with Crippen molar-refractivity contribution in [1.82, 2.24) is 10.1 Å². The minimum absolute atomic E-state index is 0.0709. The second kappa shape index (κ2) is 5.07. The van der Waals surface area contributed by atoms with Gasteiger partial charge in [-0.1, -0.05) is 11.2 Å². The van der Waals surface area contributed by atoms with E-state index < -0.39 is 0 Å². The Hall–Kier alpha value is -1.17. The van der Waals surface area contributed by atoms with Crippen LogP contribution in [0.25, 0.3) is 10.6 Å². The summed E-state index contributed by atoms with van der Waals surface area (Å²) in [6.45, 7) is 7.72. The molecule has 0 unspecified atom stereocenters. The maximum atomic E-state index is 5.71. The van der Waals surface area contributed by atoms with E-state index in [-0.39, 0.29) is 5.60 Å². The zero-order valence-corrected chi connectivity index (χ0v) is 12.1. The Morgan fingerprint density at radius 2 is 2.37 bits per heavy atom. The Labute approximate surface area is 117 Å². The average molecular weight is 278 g/mol. The van der Waals surface area contributed by atoms with E-state index in [2.05, 4.69) is 23.9 Å². The van der Waals surface area contributed by atoms with Gasteiger partial charge in [-0.2, -0.15) is 0 Å². The van der Waals surface area contributed by atoms with Crippen LogP contribution in [0.4, 0.5) is 0 Å². The first-order chi connectivity index (χ1) is 9.12. The topological polar surface area (TPSA) is 38.5 Å². The van der Waals surface area contributed by atoms with Gasteiger partial charge in [0.25, 0.3) is 0 Å². The van der Waals surface area contributed by atoms with E-state index >= 15 is 0 Å². The van der Waals surface area contributed by atoms with Crippen LogP contribution in [0.2, 0.25) is 0 Å². The van der Waals surface area contributed by atoms with Crippen LogP contribution in [-0.4, -0.2) is 35.4 Å². The molecule has 1 aliphatic heterocycles. The first-order valence-corrected chi connectivity index (χ1v) is 7.36. The number of aromatic nitrogens is 1. The summed E-state index contributed by atoms with van der Waals surface area (Å²) >= 11 is 1.67. The summed E-state index contributed by atoms with van der Waals surface area (Å²) in [5, 5.41) is 6.21. The lowest BCUT2D eigenvalue weighted by atomic mass is 10.1. The van der Waals surface area contributed by atoms with Crippen LogP contribution in [-0.2, 0) is 11.3 Å². The fourth-order valence-corrected chi connectivity index (χ4v) is 3.07. The Kier molecular flexibility index (Phi) is 3.43. The predicted octanol–water partition coefficient (Wildman–Crippen LogP) is 3.01. The second-order valence-corrected chi connectivity index (χ2v) is 6.43. The summed E-state index contributed by atoms with van der Waals surface area (Å²) in [5.41, 5.74) is 0.916. The van der Waals surface area contributed by atoms with E-state index in [0.29, 0.717) is 0 Å². The molecule has 0 aliphatic carbocycles. The largest absolute Gasteiger partial charge is 0.373 e. The first-order valence-electron chi connectivity index (χ1n) is 6.48. The molecule has 1 aliphatic rings. The van der Waals surface area contributed by atoms with E-state index in [1.165, 1.54) is 0 Å². The molecule has 19 heavy (non-hydrogen) atoms. The lowest BCUT2D eigenvalue weighted by Crippen LogP contribution is -2.47. The molecule has 2 aromatic heterocycles. The lowest BCUT2D eigenvalue weighted by Gasteiger charge is -2.37. The van der Waals surface area contributed by atoms with Crippen molar-refractivity contribution in [1.29, 1.82) is 0 Å². The number of hydrogen-bond donors (Lipinski definition) is 0. The van der Waals surface area contributed by atoms with Crippen LogP contribution in [0.15, 0.2) is 28.1 Å². The Balaban J connectivity index is 1.67. The maximum Gasteiger partial charge on any atom is 0.177 e. The van der Waals surface area contributed by atoms with Gasteiger partial charge in [-0.05, 0) is 25.3 Å². The molecule has 3 heterocycles. The van der Waals surface area contributed by atoms with Gasteiger partial charge >= 0.3 is 0 Å². The van der Waals surface area contributed by atoms with Gasteiger partial charge in [0.15, 0.2) is 5.76 Å². The molecule has 1 fully saturated rings. The monoisotopic (exact) mass is 278 g/mol. The molecule has 0 bridgehead atoms. The van der Waals surface area contributed by atoms with Crippen LogP contribution < -0.4 is 0 Å². The van der Waals surface area contributed by atoms with E-state index in [9.17, 15) is 0 Å². The van der Waals surface area contributed by atoms with Crippen LogP contribution in [0.3, 0.4) is 0 Å². The summed E-state index contributed by atoms with van der Waals surface area (Å²) < 4.78 is 11.1. The molecule has 0 spiro atoms. The van der Waals surface area contributed by atoms with Gasteiger partial charge < -0.3 is 9.26 Å². The maximum absolute atomic E-state index is 5.71. The number of nitrogens with zero attached hydrogens (tertiary/aromatic N) is 2. The first kappa shape index (κ1) is 12.8. The zero-order valence-electron chi connectivity index (χ0n) is 11.3. The fraction of sp³-hybridized carbons (Fsp3) is 0.500. The lowest BCUT2D eigenvalue weighted by molar-refractivity contribution is -0.0886. The van der Waals surface area contributed by atoms with Gasteiger partial charge in [-0.3, -0.25) is 4.90 Å². The second-order valence-electron chi connectivity index (χ2n) is 5.48. The SMILES string of the molecule is CC1(C)CN(Cc2cc(-c3cccs3)on2)CCO1. The van der Waals surface area contributed by atoms with Crippen LogP contribution in [0.1, 0.15) is 19.5 Å². The Morgan fingerprint density at radius 3 is 3.11 bits per heavy atom. The average Bonchev–Trinajstić information content (AvgIpc) is 2.96. The highest BCUT2D eigenvalue weighted by molar-refractivity contribution is 7.13. The minimum atomic E-state index is -0.0709. The number of morpholine rings is 1. The molecule has 0 radical (unpaired) electrons. The molecule has 0 saturated carbocycles. The molecule has 5 heteroatoms. The van der Waals surface area contributed by atoms with Gasteiger partial charge in [0.05, 0.1) is 22.8 Å². The minimum Gasteiger partial charge on any atom is -0.373 e. The summed E-state index contributed by atoms with van der Waals surface area (Å²) in [5.74, 6) is 0.859. The molecule has 1 saturated heterocycles. The number of ether oxygens (including phenoxy) is 1. The molecular weight excluding hydrogens is 260 g/mol. The molecule has 102 valence electrons. The normalized spacial score (nSPS) is 19.7. The van der Waals surface area contributed by atoms with E-state index in [0.717, 1.165) is 42.6 Å². The van der Waals surface area contributed by atoms with Gasteiger partial charge in [-0.15, -0.1) is 11.3 Å². The quantitative estimate of drug-likeness (QED) is 0.865. The molecule has 2 aromatic rings. The third kappa shape index (κ3) is 3.05. The molecule has 3 rings (SSSR count). The highest BCUT2D eigenvalue weighted by Crippen LogP contribution is 2.26. The van der Waals surface area contributed by atoms with Crippen molar-refractivity contribution < 1.29 is 9.26 Å². The van der Waals surface area contributed by atoms with Gasteiger partial charge in [0.2, 0.25) is 0 Å². The van der Waals surface area contributed by atoms with Crippen molar-refractivity contribution in [3.05, 3.63) is 29.3 Å². The number of rotatable bonds is 3. The molecule has 0 aromatic carbocycles. The van der Waals surface area contributed by atoms with Crippen LogP contribution in [0, 0.1) is 0 Å². The van der Waals surface area contributed by atoms with Crippen molar-refractivity contribution in [3.63, 3.8) is 0 Å². The zero-order chi connectivity index (χ0) is 13.3. The van der Waals surface area contributed by atoms with Crippen LogP contribution >= 0.6 is 11.3 Å². The third-order valence-corrected chi connectivity index (χ3v) is 4.10. The summed E-state index contributed by atoms with van der Waals surface area (Å²) in [6.07, 6.45) is 0. The predicted molar refractivity (Wildman–Crippen MR) is 75.1 cm³/mol. The van der Waals surface area contributed by atoms with E-state index in [4.69, 9.17) is 9.26 Å². The third-order valence-electron chi connectivity index (χ3n) is 3.21. The van der Waals surface area contributed by atoms with Crippen molar-refractivity contribution in [2.24, 2.45) is 0 Å². The van der Waals surface area contributed by atoms with Gasteiger partial charge in [0, 0.05) is 25.7 Å². The summed E-state index contributed by atoms with van der Waals surface area (Å²) in [6, 6.07) is 6.10. The summed E-state index contributed by atoms with van der Waals surface area (Å²) in [4.78, 5) is 3.49. The summed E-state index contributed by atoms with van der Waals surface area (Å²) in [7, 11) is 0. The van der Waals surface area contributed by atoms with E-state index in [1.54, 1.807) is 11.3 Å². The standard InChI is InChI=1S/C14H18N2O2S/c1-14(2)10-16(5-6-17-14)9-11-8-12(18-15-11)13-4-3-7-19-13/h3-4,7-8H,5-6,9-10H2,1-2H3. The molecule has 0 atom stereocenters. The van der Waals surface area contributed by atoms with Gasteiger partial charge in [-0.25, -0.2) is 0 Å². The fourth-order valence-electron chi connectivity index (χ4n) is 2.40. The van der Waals surface area contributed by atoms with Crippen LogP contribution in [0.5, 0.6) is 0 Å². The van der Waals surface area contributed by atoms with Crippen molar-refractivity contribution in [2.75, 3.05) is 19.7 Å². The molecule has 0 N–H and O–H groups in total. The van der Waals surface area contributed by atoms with Gasteiger partial charge in [0.1, 0.15) is 0 Å². The highest BCUT2D eigenvalue weighted by Gasteiger charge is 2.27. The number of hydrogen-bond acceptors (Lipinski definition) is 5.